The normalized spacial score (nSPS) is 10.9. The molecule has 1 heterocycles. The average molecular weight is 224 g/mol. The predicted molar refractivity (Wildman–Crippen MR) is 64.5 cm³/mol. The number of nitrogens with zero attached hydrogens (tertiary/aromatic N) is 2. The van der Waals surface area contributed by atoms with Crippen LogP contribution in [0.15, 0.2) is 12.3 Å². The molecule has 0 bridgehead atoms. The van der Waals surface area contributed by atoms with Gasteiger partial charge in [-0.2, -0.15) is 0 Å². The Kier molecular flexibility index (Phi) is 4.71. The van der Waals surface area contributed by atoms with Crippen molar-refractivity contribution in [2.24, 2.45) is 0 Å². The second-order valence-corrected chi connectivity index (χ2v) is 4.15. The monoisotopic (exact) mass is 224 g/mol. The van der Waals surface area contributed by atoms with E-state index in [0.29, 0.717) is 12.6 Å². The third kappa shape index (κ3) is 2.93. The molecule has 4 nitrogen and oxygen atoms in total. The number of aryl methyl sites for hydroxylation is 1. The lowest BCUT2D eigenvalue weighted by molar-refractivity contribution is 0.281. The number of rotatable bonds is 5. The Bertz CT molecular complexity index is 340. The molecular weight excluding hydrogens is 204 g/mol. The van der Waals surface area contributed by atoms with Crippen LogP contribution in [0.5, 0.6) is 0 Å². The molecule has 0 saturated carbocycles. The van der Waals surface area contributed by atoms with Crippen molar-refractivity contribution in [1.82, 2.24) is 4.98 Å². The van der Waals surface area contributed by atoms with E-state index >= 15 is 0 Å². The number of aliphatic hydroxyl groups excluding tert-OH is 2. The van der Waals surface area contributed by atoms with E-state index in [4.69, 9.17) is 10.2 Å². The van der Waals surface area contributed by atoms with Crippen molar-refractivity contribution in [3.05, 3.63) is 23.4 Å². The minimum atomic E-state index is 0.00972. The number of aliphatic hydroxyl groups is 2. The summed E-state index contributed by atoms with van der Waals surface area (Å²) in [5.74, 6) is 0.876. The number of pyridine rings is 1. The molecule has 4 heteroatoms. The van der Waals surface area contributed by atoms with Gasteiger partial charge in [0.15, 0.2) is 0 Å². The number of hydrogen-bond acceptors (Lipinski definition) is 4. The van der Waals surface area contributed by atoms with E-state index in [9.17, 15) is 0 Å². The quantitative estimate of drug-likeness (QED) is 0.786. The van der Waals surface area contributed by atoms with Gasteiger partial charge in [0.05, 0.1) is 13.2 Å². The van der Waals surface area contributed by atoms with Crippen LogP contribution in [0.1, 0.15) is 25.0 Å². The van der Waals surface area contributed by atoms with E-state index in [1.165, 1.54) is 0 Å². The smallest absolute Gasteiger partial charge is 0.131 e. The van der Waals surface area contributed by atoms with Gasteiger partial charge in [-0.25, -0.2) is 4.98 Å². The highest BCUT2D eigenvalue weighted by atomic mass is 16.3. The zero-order chi connectivity index (χ0) is 12.1. The van der Waals surface area contributed by atoms with Crippen LogP contribution in [-0.2, 0) is 6.61 Å². The van der Waals surface area contributed by atoms with Gasteiger partial charge in [0.25, 0.3) is 0 Å². The summed E-state index contributed by atoms with van der Waals surface area (Å²) in [6.07, 6.45) is 1.68. The van der Waals surface area contributed by atoms with Crippen molar-refractivity contribution >= 4 is 5.82 Å². The first-order valence-electron chi connectivity index (χ1n) is 5.54. The van der Waals surface area contributed by atoms with Gasteiger partial charge in [-0.1, -0.05) is 0 Å². The summed E-state index contributed by atoms with van der Waals surface area (Å²) >= 11 is 0. The predicted octanol–water partition coefficient (Wildman–Crippen LogP) is 1.09. The van der Waals surface area contributed by atoms with Gasteiger partial charge in [0.1, 0.15) is 5.82 Å². The number of anilines is 1. The Hall–Kier alpha value is -1.13. The fourth-order valence-corrected chi connectivity index (χ4v) is 1.73. The summed E-state index contributed by atoms with van der Waals surface area (Å²) in [6.45, 7) is 6.79. The van der Waals surface area contributed by atoms with Gasteiger partial charge in [-0.15, -0.1) is 0 Å². The lowest BCUT2D eigenvalue weighted by Gasteiger charge is -2.28. The fourth-order valence-electron chi connectivity index (χ4n) is 1.73. The van der Waals surface area contributed by atoms with Gasteiger partial charge in [0, 0.05) is 18.8 Å². The molecule has 90 valence electrons. The lowest BCUT2D eigenvalue weighted by Crippen LogP contribution is -2.34. The summed E-state index contributed by atoms with van der Waals surface area (Å²) in [7, 11) is 0. The topological polar surface area (TPSA) is 56.6 Å². The maximum absolute atomic E-state index is 9.03. The van der Waals surface area contributed by atoms with Gasteiger partial charge in [-0.05, 0) is 38.0 Å². The van der Waals surface area contributed by atoms with Crippen LogP contribution in [0.25, 0.3) is 0 Å². The van der Waals surface area contributed by atoms with Crippen LogP contribution < -0.4 is 4.90 Å². The van der Waals surface area contributed by atoms with Crippen LogP contribution in [0.4, 0.5) is 5.82 Å². The molecule has 0 amide bonds. The van der Waals surface area contributed by atoms with Crippen LogP contribution in [0.2, 0.25) is 0 Å². The lowest BCUT2D eigenvalue weighted by atomic mass is 10.2. The molecule has 0 atom stereocenters. The zero-order valence-electron chi connectivity index (χ0n) is 10.1. The minimum absolute atomic E-state index is 0.00972. The Morgan fingerprint density at radius 3 is 2.50 bits per heavy atom. The van der Waals surface area contributed by atoms with Crippen LogP contribution in [-0.4, -0.2) is 34.4 Å². The van der Waals surface area contributed by atoms with E-state index in [1.54, 1.807) is 6.20 Å². The van der Waals surface area contributed by atoms with E-state index < -0.39 is 0 Å². The molecule has 1 aromatic rings. The summed E-state index contributed by atoms with van der Waals surface area (Å²) in [5, 5.41) is 18.0. The average Bonchev–Trinajstić information content (AvgIpc) is 2.26. The highest BCUT2D eigenvalue weighted by molar-refractivity contribution is 5.48. The molecule has 0 spiro atoms. The third-order valence-electron chi connectivity index (χ3n) is 2.53. The summed E-state index contributed by atoms with van der Waals surface area (Å²) in [4.78, 5) is 6.40. The molecule has 1 rings (SSSR count). The van der Waals surface area contributed by atoms with Crippen molar-refractivity contribution in [3.63, 3.8) is 0 Å². The molecule has 0 aliphatic rings. The van der Waals surface area contributed by atoms with Gasteiger partial charge < -0.3 is 15.1 Å². The van der Waals surface area contributed by atoms with Crippen molar-refractivity contribution < 1.29 is 10.2 Å². The fraction of sp³-hybridized carbons (Fsp3) is 0.583. The molecule has 0 saturated heterocycles. The molecule has 0 unspecified atom stereocenters. The maximum atomic E-state index is 9.03. The Labute approximate surface area is 96.6 Å². The molecule has 1 aromatic heterocycles. The largest absolute Gasteiger partial charge is 0.395 e. The Morgan fingerprint density at radius 1 is 1.38 bits per heavy atom. The first-order valence-corrected chi connectivity index (χ1v) is 5.54. The highest BCUT2D eigenvalue weighted by Gasteiger charge is 2.13. The Balaban J connectivity index is 3.00. The van der Waals surface area contributed by atoms with E-state index in [0.717, 1.165) is 16.9 Å². The zero-order valence-corrected chi connectivity index (χ0v) is 10.1. The summed E-state index contributed by atoms with van der Waals surface area (Å²) in [6, 6.07) is 2.22. The van der Waals surface area contributed by atoms with Gasteiger partial charge in [-0.3, -0.25) is 0 Å². The first-order chi connectivity index (χ1) is 7.60. The second-order valence-electron chi connectivity index (χ2n) is 4.15. The van der Waals surface area contributed by atoms with E-state index in [-0.39, 0.29) is 13.2 Å². The molecule has 0 aliphatic heterocycles. The molecule has 0 fully saturated rings. The molecule has 2 N–H and O–H groups in total. The van der Waals surface area contributed by atoms with E-state index in [1.807, 2.05) is 13.0 Å². The van der Waals surface area contributed by atoms with Crippen molar-refractivity contribution in [2.75, 3.05) is 18.1 Å². The van der Waals surface area contributed by atoms with Crippen molar-refractivity contribution in [3.8, 4) is 0 Å². The molecule has 16 heavy (non-hydrogen) atoms. The number of hydrogen-bond donors (Lipinski definition) is 2. The van der Waals surface area contributed by atoms with Crippen LogP contribution >= 0.6 is 0 Å². The maximum Gasteiger partial charge on any atom is 0.131 e. The summed E-state index contributed by atoms with van der Waals surface area (Å²) in [5.41, 5.74) is 1.84. The van der Waals surface area contributed by atoms with Crippen molar-refractivity contribution in [1.29, 1.82) is 0 Å². The van der Waals surface area contributed by atoms with E-state index in [2.05, 4.69) is 23.7 Å². The van der Waals surface area contributed by atoms with Gasteiger partial charge in [0.2, 0.25) is 0 Å². The number of aromatic nitrogens is 1. The third-order valence-corrected chi connectivity index (χ3v) is 2.53. The first kappa shape index (κ1) is 12.9. The second kappa shape index (κ2) is 5.82. The standard InChI is InChI=1S/C12H20N2O2/c1-9(2)14(4-5-15)12-10(3)6-11(8-16)7-13-12/h6-7,9,15-16H,4-5,8H2,1-3H3. The molecule has 0 aliphatic carbocycles. The molecule has 0 aromatic carbocycles. The minimum Gasteiger partial charge on any atom is -0.395 e. The highest BCUT2D eigenvalue weighted by Crippen LogP contribution is 2.19. The Morgan fingerprint density at radius 2 is 2.06 bits per heavy atom. The van der Waals surface area contributed by atoms with Crippen LogP contribution in [0, 0.1) is 6.92 Å². The summed E-state index contributed by atoms with van der Waals surface area (Å²) < 4.78 is 0. The van der Waals surface area contributed by atoms with Gasteiger partial charge >= 0.3 is 0 Å². The van der Waals surface area contributed by atoms with Crippen molar-refractivity contribution in [2.45, 2.75) is 33.4 Å². The molecular formula is C12H20N2O2. The SMILES string of the molecule is Cc1cc(CO)cnc1N(CCO)C(C)C. The van der Waals surface area contributed by atoms with Crippen LogP contribution in [0.3, 0.4) is 0 Å². The molecule has 0 radical (unpaired) electrons.